The Hall–Kier alpha value is -3.98. The van der Waals surface area contributed by atoms with Crippen molar-refractivity contribution in [2.24, 2.45) is 0 Å². The molecule has 0 saturated carbocycles. The fourth-order valence-corrected chi connectivity index (χ4v) is 3.68. The van der Waals surface area contributed by atoms with E-state index in [1.165, 1.54) is 19.3 Å². The molecule has 1 aliphatic heterocycles. The Morgan fingerprint density at radius 3 is 2.83 bits per heavy atom. The Bertz CT molecular complexity index is 1210. The zero-order chi connectivity index (χ0) is 24.6. The van der Waals surface area contributed by atoms with Crippen molar-refractivity contribution in [3.63, 3.8) is 0 Å². The first-order valence-electron chi connectivity index (χ1n) is 11.3. The lowest BCUT2D eigenvalue weighted by Crippen LogP contribution is -2.37. The molecule has 0 radical (unpaired) electrons. The molecular weight excluding hydrogens is 451 g/mol. The van der Waals surface area contributed by atoms with E-state index in [-0.39, 0.29) is 11.7 Å². The number of hydrogen-bond acceptors (Lipinski definition) is 8. The van der Waals surface area contributed by atoms with Gasteiger partial charge >= 0.3 is 5.97 Å². The molecule has 0 aliphatic carbocycles. The smallest absolute Gasteiger partial charge is 0.330 e. The average molecular weight is 479 g/mol. The molecule has 2 aromatic carbocycles. The summed E-state index contributed by atoms with van der Waals surface area (Å²) in [7, 11) is 1.42. The number of nitrogens with zero attached hydrogens (tertiary/aromatic N) is 3. The standard InChI is InChI=1S/C26H27FN4O4/c1-3-35-24(32)10-7-18-5-4-6-19(15-18)21-17-28-26(30-25(21)31-11-13-34-14-12-31)29-20-8-9-22(27)23(16-20)33-2/h4-10,15-17H,3,11-14H2,1-2H3,(H,28,29,30)/b10-7+. The summed E-state index contributed by atoms with van der Waals surface area (Å²) in [5.41, 5.74) is 3.21. The van der Waals surface area contributed by atoms with Crippen molar-refractivity contribution in [3.8, 4) is 16.9 Å². The van der Waals surface area contributed by atoms with E-state index in [1.54, 1.807) is 31.3 Å². The van der Waals surface area contributed by atoms with Crippen LogP contribution in [0.1, 0.15) is 12.5 Å². The molecule has 1 N–H and O–H groups in total. The summed E-state index contributed by atoms with van der Waals surface area (Å²) in [4.78, 5) is 23.1. The minimum Gasteiger partial charge on any atom is -0.494 e. The van der Waals surface area contributed by atoms with E-state index >= 15 is 0 Å². The number of esters is 1. The molecule has 4 rings (SSSR count). The molecule has 0 spiro atoms. The summed E-state index contributed by atoms with van der Waals surface area (Å²) >= 11 is 0. The first-order valence-corrected chi connectivity index (χ1v) is 11.3. The van der Waals surface area contributed by atoms with Crippen molar-refractivity contribution >= 4 is 29.5 Å². The number of benzene rings is 2. The third kappa shape index (κ3) is 6.13. The summed E-state index contributed by atoms with van der Waals surface area (Å²) in [5.74, 6) is 0.435. The maximum atomic E-state index is 13.8. The van der Waals surface area contributed by atoms with Crippen LogP contribution in [0, 0.1) is 5.82 Å². The Morgan fingerprint density at radius 1 is 1.23 bits per heavy atom. The van der Waals surface area contributed by atoms with Crippen LogP contribution in [-0.2, 0) is 14.3 Å². The van der Waals surface area contributed by atoms with Gasteiger partial charge in [0.05, 0.1) is 26.9 Å². The van der Waals surface area contributed by atoms with E-state index in [0.717, 1.165) is 22.5 Å². The Kier molecular flexibility index (Phi) is 7.89. The lowest BCUT2D eigenvalue weighted by atomic mass is 10.0. The molecule has 0 bridgehead atoms. The van der Waals surface area contributed by atoms with Crippen LogP contribution in [0.4, 0.5) is 21.8 Å². The van der Waals surface area contributed by atoms with Gasteiger partial charge in [0.25, 0.3) is 0 Å². The number of ether oxygens (including phenoxy) is 3. The van der Waals surface area contributed by atoms with Gasteiger partial charge in [-0.1, -0.05) is 18.2 Å². The van der Waals surface area contributed by atoms with Gasteiger partial charge in [-0.3, -0.25) is 0 Å². The summed E-state index contributed by atoms with van der Waals surface area (Å²) < 4.78 is 29.3. The molecule has 2 heterocycles. The number of anilines is 3. The third-order valence-corrected chi connectivity index (χ3v) is 5.38. The summed E-state index contributed by atoms with van der Waals surface area (Å²) in [6, 6.07) is 12.3. The fourth-order valence-electron chi connectivity index (χ4n) is 3.68. The number of methoxy groups -OCH3 is 1. The van der Waals surface area contributed by atoms with Crippen LogP contribution in [-0.4, -0.2) is 56.0 Å². The molecule has 0 atom stereocenters. The second-order valence-corrected chi connectivity index (χ2v) is 7.72. The molecule has 3 aromatic rings. The molecule has 1 saturated heterocycles. The van der Waals surface area contributed by atoms with E-state index < -0.39 is 5.82 Å². The largest absolute Gasteiger partial charge is 0.494 e. The predicted molar refractivity (Wildman–Crippen MR) is 132 cm³/mol. The molecule has 8 nitrogen and oxygen atoms in total. The van der Waals surface area contributed by atoms with Crippen LogP contribution in [0.3, 0.4) is 0 Å². The Labute approximate surface area is 203 Å². The minimum atomic E-state index is -0.444. The van der Waals surface area contributed by atoms with Crippen molar-refractivity contribution < 1.29 is 23.4 Å². The zero-order valence-electron chi connectivity index (χ0n) is 19.7. The first kappa shape index (κ1) is 24.2. The minimum absolute atomic E-state index is 0.132. The summed E-state index contributed by atoms with van der Waals surface area (Å²) in [6.07, 6.45) is 4.88. The monoisotopic (exact) mass is 478 g/mol. The summed E-state index contributed by atoms with van der Waals surface area (Å²) in [5, 5.41) is 3.13. The highest BCUT2D eigenvalue weighted by Crippen LogP contribution is 2.32. The van der Waals surface area contributed by atoms with Crippen LogP contribution in [0.15, 0.2) is 54.7 Å². The average Bonchev–Trinajstić information content (AvgIpc) is 2.89. The quantitative estimate of drug-likeness (QED) is 0.376. The molecular formula is C26H27FN4O4. The number of morpholine rings is 1. The SMILES string of the molecule is CCOC(=O)/C=C/c1cccc(-c2cnc(Nc3ccc(F)c(OC)c3)nc2N2CCOCC2)c1. The van der Waals surface area contributed by atoms with Gasteiger partial charge in [0, 0.05) is 42.7 Å². The molecule has 9 heteroatoms. The van der Waals surface area contributed by atoms with Crippen molar-refractivity contribution in [2.75, 3.05) is 50.2 Å². The second-order valence-electron chi connectivity index (χ2n) is 7.72. The lowest BCUT2D eigenvalue weighted by molar-refractivity contribution is -0.137. The van der Waals surface area contributed by atoms with Crippen molar-refractivity contribution in [1.29, 1.82) is 0 Å². The second kappa shape index (κ2) is 11.4. The van der Waals surface area contributed by atoms with E-state index in [1.807, 2.05) is 24.3 Å². The molecule has 0 unspecified atom stereocenters. The maximum Gasteiger partial charge on any atom is 0.330 e. The van der Waals surface area contributed by atoms with Gasteiger partial charge in [-0.15, -0.1) is 0 Å². The lowest BCUT2D eigenvalue weighted by Gasteiger charge is -2.29. The predicted octanol–water partition coefficient (Wildman–Crippen LogP) is 4.45. The molecule has 35 heavy (non-hydrogen) atoms. The number of rotatable bonds is 8. The van der Waals surface area contributed by atoms with E-state index in [4.69, 9.17) is 19.2 Å². The highest BCUT2D eigenvalue weighted by Gasteiger charge is 2.19. The van der Waals surface area contributed by atoms with E-state index in [9.17, 15) is 9.18 Å². The van der Waals surface area contributed by atoms with Gasteiger partial charge in [-0.2, -0.15) is 4.98 Å². The number of carbonyl (C=O) groups excluding carboxylic acids is 1. The van der Waals surface area contributed by atoms with Crippen molar-refractivity contribution in [2.45, 2.75) is 6.92 Å². The highest BCUT2D eigenvalue weighted by atomic mass is 19.1. The first-order chi connectivity index (χ1) is 17.1. The molecule has 182 valence electrons. The molecule has 1 aliphatic rings. The van der Waals surface area contributed by atoms with Crippen LogP contribution >= 0.6 is 0 Å². The Morgan fingerprint density at radius 2 is 2.06 bits per heavy atom. The Balaban J connectivity index is 1.67. The van der Waals surface area contributed by atoms with Gasteiger partial charge in [0.15, 0.2) is 11.6 Å². The topological polar surface area (TPSA) is 85.8 Å². The number of aromatic nitrogens is 2. The number of nitrogens with one attached hydrogen (secondary N) is 1. The van der Waals surface area contributed by atoms with Gasteiger partial charge in [0.1, 0.15) is 5.82 Å². The van der Waals surface area contributed by atoms with Crippen molar-refractivity contribution in [3.05, 3.63) is 66.1 Å². The number of carbonyl (C=O) groups is 1. The molecule has 1 fully saturated rings. The van der Waals surface area contributed by atoms with Gasteiger partial charge in [-0.25, -0.2) is 14.2 Å². The molecule has 1 aromatic heterocycles. The fraction of sp³-hybridized carbons (Fsp3) is 0.269. The van der Waals surface area contributed by atoms with Gasteiger partial charge in [0.2, 0.25) is 5.95 Å². The maximum absolute atomic E-state index is 13.8. The van der Waals surface area contributed by atoms with Gasteiger partial charge < -0.3 is 24.4 Å². The van der Waals surface area contributed by atoms with Crippen molar-refractivity contribution in [1.82, 2.24) is 9.97 Å². The molecule has 0 amide bonds. The highest BCUT2D eigenvalue weighted by molar-refractivity contribution is 5.87. The number of halogens is 1. The summed E-state index contributed by atoms with van der Waals surface area (Å²) in [6.45, 7) is 4.68. The zero-order valence-corrected chi connectivity index (χ0v) is 19.7. The van der Waals surface area contributed by atoms with Crippen LogP contribution < -0.4 is 15.0 Å². The van der Waals surface area contributed by atoms with E-state index in [2.05, 4.69) is 15.2 Å². The van der Waals surface area contributed by atoms with Crippen LogP contribution in [0.25, 0.3) is 17.2 Å². The van der Waals surface area contributed by atoms with Gasteiger partial charge in [-0.05, 0) is 42.3 Å². The van der Waals surface area contributed by atoms with E-state index in [0.29, 0.717) is 44.5 Å². The third-order valence-electron chi connectivity index (χ3n) is 5.38. The van der Waals surface area contributed by atoms with Crippen LogP contribution in [0.2, 0.25) is 0 Å². The van der Waals surface area contributed by atoms with Crippen LogP contribution in [0.5, 0.6) is 5.75 Å². The number of hydrogen-bond donors (Lipinski definition) is 1. The normalized spacial score (nSPS) is 13.6.